The highest BCUT2D eigenvalue weighted by Crippen LogP contribution is 2.23. The van der Waals surface area contributed by atoms with E-state index in [1.807, 2.05) is 24.3 Å². The van der Waals surface area contributed by atoms with Gasteiger partial charge in [0.05, 0.1) is 22.3 Å². The van der Waals surface area contributed by atoms with Crippen LogP contribution in [-0.2, 0) is 4.79 Å². The predicted molar refractivity (Wildman–Crippen MR) is 111 cm³/mol. The number of Topliss-reactive ketones (excluding diaryl/α,β-unsaturated/α-hetero) is 1. The molecule has 0 aliphatic carbocycles. The first-order chi connectivity index (χ1) is 13.5. The second kappa shape index (κ2) is 9.61. The molecule has 1 aliphatic rings. The Morgan fingerprint density at radius 2 is 2.14 bits per heavy atom. The molecule has 0 bridgehead atoms. The van der Waals surface area contributed by atoms with Gasteiger partial charge in [0, 0.05) is 6.54 Å². The maximum absolute atomic E-state index is 13.1. The molecule has 1 saturated heterocycles. The van der Waals surface area contributed by atoms with Crippen molar-refractivity contribution in [1.82, 2.24) is 15.6 Å². The van der Waals surface area contributed by atoms with Gasteiger partial charge in [-0.15, -0.1) is 11.3 Å². The number of carbonyl (C=O) groups excluding carboxylic acids is 2. The van der Waals surface area contributed by atoms with Gasteiger partial charge >= 0.3 is 0 Å². The molecule has 2 unspecified atom stereocenters. The van der Waals surface area contributed by atoms with Crippen molar-refractivity contribution in [1.29, 1.82) is 0 Å². The smallest absolute Gasteiger partial charge is 0.237 e. The molecule has 1 fully saturated rings. The third-order valence-corrected chi connectivity index (χ3v) is 5.76. The van der Waals surface area contributed by atoms with E-state index in [4.69, 9.17) is 11.5 Å². The van der Waals surface area contributed by atoms with Crippen LogP contribution in [0.25, 0.3) is 10.2 Å². The van der Waals surface area contributed by atoms with Crippen molar-refractivity contribution < 1.29 is 9.59 Å². The molecule has 9 heteroatoms. The van der Waals surface area contributed by atoms with E-state index in [0.717, 1.165) is 36.0 Å². The molecule has 28 heavy (non-hydrogen) atoms. The van der Waals surface area contributed by atoms with Crippen molar-refractivity contribution in [2.45, 2.75) is 44.2 Å². The number of para-hydroxylation sites is 1. The zero-order valence-electron chi connectivity index (χ0n) is 15.7. The number of piperidine rings is 1. The van der Waals surface area contributed by atoms with Crippen molar-refractivity contribution in [3.05, 3.63) is 29.3 Å². The molecule has 3 rings (SSSR count). The number of rotatable bonds is 8. The quantitative estimate of drug-likeness (QED) is 0.226. The fourth-order valence-electron chi connectivity index (χ4n) is 3.25. The molecule has 8 nitrogen and oxygen atoms in total. The highest BCUT2D eigenvalue weighted by atomic mass is 32.1. The summed E-state index contributed by atoms with van der Waals surface area (Å²) in [5.74, 6) is -0.291. The van der Waals surface area contributed by atoms with Crippen LogP contribution < -0.4 is 22.1 Å². The molecule has 1 aliphatic heterocycles. The van der Waals surface area contributed by atoms with Gasteiger partial charge in [0.2, 0.25) is 11.7 Å². The van der Waals surface area contributed by atoms with Crippen LogP contribution in [-0.4, -0.2) is 47.8 Å². The summed E-state index contributed by atoms with van der Waals surface area (Å²) in [6, 6.07) is 6.71. The monoisotopic (exact) mass is 402 g/mol. The second-order valence-electron chi connectivity index (χ2n) is 6.86. The fraction of sp³-hybridized carbons (Fsp3) is 0.474. The predicted octanol–water partition coefficient (Wildman–Crippen LogP) is 1.16. The average Bonchev–Trinajstić information content (AvgIpc) is 3.14. The van der Waals surface area contributed by atoms with Gasteiger partial charge in [-0.3, -0.25) is 14.6 Å². The largest absolute Gasteiger partial charge is 0.370 e. The Balaban J connectivity index is 1.72. The van der Waals surface area contributed by atoms with Gasteiger partial charge in [-0.05, 0) is 44.4 Å². The summed E-state index contributed by atoms with van der Waals surface area (Å²) < 4.78 is 0.949. The van der Waals surface area contributed by atoms with E-state index in [-0.39, 0.29) is 23.7 Å². The molecule has 2 heterocycles. The lowest BCUT2D eigenvalue weighted by molar-refractivity contribution is -0.124. The van der Waals surface area contributed by atoms with E-state index in [0.29, 0.717) is 24.4 Å². The van der Waals surface area contributed by atoms with Gasteiger partial charge in [-0.25, -0.2) is 4.98 Å². The van der Waals surface area contributed by atoms with Gasteiger partial charge in [-0.1, -0.05) is 18.6 Å². The Bertz CT molecular complexity index is 822. The summed E-state index contributed by atoms with van der Waals surface area (Å²) in [4.78, 5) is 34.1. The lowest BCUT2D eigenvalue weighted by Crippen LogP contribution is -2.51. The van der Waals surface area contributed by atoms with E-state index in [9.17, 15) is 9.59 Å². The fourth-order valence-corrected chi connectivity index (χ4v) is 4.21. The van der Waals surface area contributed by atoms with Crippen LogP contribution in [0.15, 0.2) is 29.3 Å². The van der Waals surface area contributed by atoms with Crippen LogP contribution in [0.4, 0.5) is 0 Å². The number of guanidine groups is 1. The molecule has 2 atom stereocenters. The Kier molecular flexibility index (Phi) is 6.94. The molecule has 6 N–H and O–H groups in total. The van der Waals surface area contributed by atoms with Gasteiger partial charge in [0.1, 0.15) is 0 Å². The number of aromatic nitrogens is 1. The minimum atomic E-state index is -0.647. The molecule has 0 spiro atoms. The number of hydrogen-bond acceptors (Lipinski definition) is 6. The SMILES string of the molecule is NC(N)=NCCCC(NC(=O)C1CCCCN1)C(=O)c1nc2ccccc2s1. The maximum Gasteiger partial charge on any atom is 0.237 e. The number of carbonyl (C=O) groups is 2. The minimum absolute atomic E-state index is 0.0180. The van der Waals surface area contributed by atoms with Crippen molar-refractivity contribution >= 4 is 39.2 Å². The summed E-state index contributed by atoms with van der Waals surface area (Å²) in [6.07, 6.45) is 3.88. The van der Waals surface area contributed by atoms with E-state index in [1.54, 1.807) is 0 Å². The number of hydrogen-bond donors (Lipinski definition) is 4. The summed E-state index contributed by atoms with van der Waals surface area (Å²) in [6.45, 7) is 1.22. The van der Waals surface area contributed by atoms with Gasteiger partial charge in [0.25, 0.3) is 0 Å². The molecule has 0 radical (unpaired) electrons. The van der Waals surface area contributed by atoms with E-state index in [1.165, 1.54) is 11.3 Å². The van der Waals surface area contributed by atoms with Crippen LogP contribution in [0, 0.1) is 0 Å². The van der Waals surface area contributed by atoms with E-state index >= 15 is 0 Å². The first-order valence-electron chi connectivity index (χ1n) is 9.53. The number of nitrogens with zero attached hydrogens (tertiary/aromatic N) is 2. The van der Waals surface area contributed by atoms with Crippen molar-refractivity contribution in [2.24, 2.45) is 16.5 Å². The molecular formula is C19H26N6O2S. The second-order valence-corrected chi connectivity index (χ2v) is 7.89. The molecular weight excluding hydrogens is 376 g/mol. The number of nitrogens with two attached hydrogens (primary N) is 2. The lowest BCUT2D eigenvalue weighted by Gasteiger charge is -2.25. The van der Waals surface area contributed by atoms with Gasteiger partial charge in [-0.2, -0.15) is 0 Å². The van der Waals surface area contributed by atoms with Crippen LogP contribution in [0.2, 0.25) is 0 Å². The summed E-state index contributed by atoms with van der Waals surface area (Å²) in [5.41, 5.74) is 11.5. The normalized spacial score (nSPS) is 17.8. The highest BCUT2D eigenvalue weighted by Gasteiger charge is 2.28. The van der Waals surface area contributed by atoms with Gasteiger partial charge < -0.3 is 22.1 Å². The number of fused-ring (bicyclic) bond motifs is 1. The standard InChI is InChI=1S/C19H26N6O2S/c20-19(21)23-11-5-8-13(24-17(27)14-7-3-4-10-22-14)16(26)18-25-12-6-1-2-9-15(12)28-18/h1-2,6,9,13-14,22H,3-5,7-8,10-11H2,(H,24,27)(H4,20,21,23). The third kappa shape index (κ3) is 5.26. The number of ketones is 1. The molecule has 1 amide bonds. The molecule has 0 saturated carbocycles. The third-order valence-electron chi connectivity index (χ3n) is 4.71. The zero-order valence-corrected chi connectivity index (χ0v) is 16.5. The molecule has 2 aromatic rings. The zero-order chi connectivity index (χ0) is 19.9. The maximum atomic E-state index is 13.1. The molecule has 150 valence electrons. The van der Waals surface area contributed by atoms with Crippen LogP contribution in [0.3, 0.4) is 0 Å². The first kappa shape index (κ1) is 20.2. The highest BCUT2D eigenvalue weighted by molar-refractivity contribution is 7.20. The summed E-state index contributed by atoms with van der Waals surface area (Å²) >= 11 is 1.35. The van der Waals surface area contributed by atoms with Crippen molar-refractivity contribution in [3.63, 3.8) is 0 Å². The van der Waals surface area contributed by atoms with Crippen LogP contribution in [0.5, 0.6) is 0 Å². The number of thiazole rings is 1. The Morgan fingerprint density at radius 3 is 2.86 bits per heavy atom. The average molecular weight is 403 g/mol. The van der Waals surface area contributed by atoms with Crippen molar-refractivity contribution in [3.8, 4) is 0 Å². The minimum Gasteiger partial charge on any atom is -0.370 e. The van der Waals surface area contributed by atoms with Crippen molar-refractivity contribution in [2.75, 3.05) is 13.1 Å². The van der Waals surface area contributed by atoms with Gasteiger partial charge in [0.15, 0.2) is 11.0 Å². The first-order valence-corrected chi connectivity index (χ1v) is 10.3. The number of aliphatic imine (C=N–C) groups is 1. The van der Waals surface area contributed by atoms with Crippen LogP contribution in [0.1, 0.15) is 41.9 Å². The Morgan fingerprint density at radius 1 is 1.32 bits per heavy atom. The summed E-state index contributed by atoms with van der Waals surface area (Å²) in [5, 5.41) is 6.54. The van der Waals surface area contributed by atoms with E-state index < -0.39 is 6.04 Å². The number of nitrogens with one attached hydrogen (secondary N) is 2. The Hall–Kier alpha value is -2.52. The van der Waals surface area contributed by atoms with E-state index in [2.05, 4.69) is 20.6 Å². The summed E-state index contributed by atoms with van der Waals surface area (Å²) in [7, 11) is 0. The van der Waals surface area contributed by atoms with Crippen LogP contribution >= 0.6 is 11.3 Å². The number of amides is 1. The molecule has 1 aromatic heterocycles. The topological polar surface area (TPSA) is 135 Å². The molecule has 1 aromatic carbocycles. The number of benzene rings is 1. The Labute approximate surface area is 167 Å². The lowest BCUT2D eigenvalue weighted by atomic mass is 10.0.